The first kappa shape index (κ1) is 15.4. The van der Waals surface area contributed by atoms with Gasteiger partial charge in [0.2, 0.25) is 0 Å². The van der Waals surface area contributed by atoms with E-state index in [1.54, 1.807) is 0 Å². The molecule has 0 aromatic carbocycles. The van der Waals surface area contributed by atoms with Gasteiger partial charge in [-0.25, -0.2) is 0 Å². The van der Waals surface area contributed by atoms with Crippen LogP contribution in [0.5, 0.6) is 0 Å². The van der Waals surface area contributed by atoms with Crippen LogP contribution in [0.4, 0.5) is 0 Å². The summed E-state index contributed by atoms with van der Waals surface area (Å²) in [5.41, 5.74) is 5.82. The number of rotatable bonds is 10. The first-order valence-electron chi connectivity index (χ1n) is 7.25. The number of nitrogens with zero attached hydrogens (tertiary/aromatic N) is 1. The normalized spacial score (nSPS) is 16.9. The van der Waals surface area contributed by atoms with Crippen molar-refractivity contribution in [2.45, 2.75) is 51.5 Å². The summed E-state index contributed by atoms with van der Waals surface area (Å²) in [7, 11) is 2.17. The fourth-order valence-electron chi connectivity index (χ4n) is 2.42. The monoisotopic (exact) mass is 256 g/mol. The zero-order valence-corrected chi connectivity index (χ0v) is 11.9. The second kappa shape index (κ2) is 8.48. The van der Waals surface area contributed by atoms with Gasteiger partial charge in [0.25, 0.3) is 0 Å². The summed E-state index contributed by atoms with van der Waals surface area (Å²) in [5.74, 6) is 0.767. The quantitative estimate of drug-likeness (QED) is 0.478. The molecule has 0 radical (unpaired) electrons. The van der Waals surface area contributed by atoms with Gasteiger partial charge in [0, 0.05) is 19.0 Å². The van der Waals surface area contributed by atoms with Crippen LogP contribution in [0.25, 0.3) is 0 Å². The van der Waals surface area contributed by atoms with E-state index in [2.05, 4.69) is 11.9 Å². The Morgan fingerprint density at radius 2 is 2.11 bits per heavy atom. The number of unbranched alkanes of at least 4 members (excludes halogenated alkanes) is 2. The zero-order valence-electron chi connectivity index (χ0n) is 11.9. The van der Waals surface area contributed by atoms with Crippen LogP contribution in [-0.4, -0.2) is 43.7 Å². The number of hydrogen-bond acceptors (Lipinski definition) is 4. The molecule has 1 aliphatic rings. The molecule has 1 rings (SSSR count). The molecular formula is C14H28N2O2. The molecule has 1 unspecified atom stereocenters. The number of esters is 1. The fraction of sp³-hybridized carbons (Fsp3) is 0.929. The van der Waals surface area contributed by atoms with Crippen molar-refractivity contribution in [3.63, 3.8) is 0 Å². The molecule has 0 aliphatic heterocycles. The third-order valence-corrected chi connectivity index (χ3v) is 3.67. The summed E-state index contributed by atoms with van der Waals surface area (Å²) in [4.78, 5) is 13.5. The van der Waals surface area contributed by atoms with E-state index >= 15 is 0 Å². The lowest BCUT2D eigenvalue weighted by Gasteiger charge is -2.26. The molecule has 0 aromatic heterocycles. The molecule has 106 valence electrons. The Bertz CT molecular complexity index is 242. The predicted molar refractivity (Wildman–Crippen MR) is 73.3 cm³/mol. The number of likely N-dealkylation sites (N-methyl/N-ethyl adjacent to an activating group) is 1. The molecule has 0 aromatic rings. The van der Waals surface area contributed by atoms with Crippen molar-refractivity contribution < 1.29 is 9.53 Å². The summed E-state index contributed by atoms with van der Waals surface area (Å²) in [5, 5.41) is 0. The van der Waals surface area contributed by atoms with Gasteiger partial charge in [-0.1, -0.05) is 6.42 Å². The number of carbonyl (C=O) groups is 1. The smallest absolute Gasteiger partial charge is 0.305 e. The lowest BCUT2D eigenvalue weighted by Crippen LogP contribution is -2.40. The zero-order chi connectivity index (χ0) is 13.4. The van der Waals surface area contributed by atoms with Gasteiger partial charge in [0.15, 0.2) is 0 Å². The highest BCUT2D eigenvalue weighted by Crippen LogP contribution is 2.34. The molecule has 2 N–H and O–H groups in total. The van der Waals surface area contributed by atoms with Gasteiger partial charge < -0.3 is 15.4 Å². The number of hydrogen-bond donors (Lipinski definition) is 1. The van der Waals surface area contributed by atoms with E-state index in [0.29, 0.717) is 19.1 Å². The van der Waals surface area contributed by atoms with Crippen LogP contribution in [0.1, 0.15) is 45.4 Å². The molecule has 4 nitrogen and oxygen atoms in total. The van der Waals surface area contributed by atoms with E-state index in [9.17, 15) is 4.79 Å². The van der Waals surface area contributed by atoms with Crippen LogP contribution in [0.3, 0.4) is 0 Å². The molecule has 1 fully saturated rings. The van der Waals surface area contributed by atoms with Crippen molar-refractivity contribution in [1.29, 1.82) is 0 Å². The van der Waals surface area contributed by atoms with E-state index in [0.717, 1.165) is 38.3 Å². The third-order valence-electron chi connectivity index (χ3n) is 3.67. The van der Waals surface area contributed by atoms with Gasteiger partial charge in [0.05, 0.1) is 6.61 Å². The summed E-state index contributed by atoms with van der Waals surface area (Å²) in [6.07, 6.45) is 6.40. The van der Waals surface area contributed by atoms with Crippen LogP contribution in [0.15, 0.2) is 0 Å². The van der Waals surface area contributed by atoms with Gasteiger partial charge >= 0.3 is 5.97 Å². The molecule has 0 amide bonds. The van der Waals surface area contributed by atoms with Crippen LogP contribution in [0, 0.1) is 5.92 Å². The second-order valence-corrected chi connectivity index (χ2v) is 5.24. The molecule has 4 heteroatoms. The number of nitrogens with two attached hydrogens (primary N) is 1. The highest BCUT2D eigenvalue weighted by Gasteiger charge is 2.32. The molecule has 0 saturated heterocycles. The maximum atomic E-state index is 11.1. The minimum absolute atomic E-state index is 0.0660. The summed E-state index contributed by atoms with van der Waals surface area (Å²) < 4.78 is 4.90. The average molecular weight is 256 g/mol. The Balaban J connectivity index is 2.01. The molecule has 0 bridgehead atoms. The minimum atomic E-state index is -0.0660. The van der Waals surface area contributed by atoms with E-state index in [4.69, 9.17) is 10.5 Å². The standard InChI is InChI=1S/C14H28N2O2/c1-3-18-14(17)7-5-4-6-10-16(2)13(11-15)12-8-9-12/h12-13H,3-11,15H2,1-2H3. The molecule has 18 heavy (non-hydrogen) atoms. The van der Waals surface area contributed by atoms with Crippen LogP contribution in [0.2, 0.25) is 0 Å². The van der Waals surface area contributed by atoms with E-state index in [-0.39, 0.29) is 5.97 Å². The van der Waals surface area contributed by atoms with Crippen molar-refractivity contribution in [3.8, 4) is 0 Å². The lowest BCUT2D eigenvalue weighted by molar-refractivity contribution is -0.143. The summed E-state index contributed by atoms with van der Waals surface area (Å²) in [6.45, 7) is 4.18. The SMILES string of the molecule is CCOC(=O)CCCCCN(C)C(CN)C1CC1. The maximum Gasteiger partial charge on any atom is 0.305 e. The fourth-order valence-corrected chi connectivity index (χ4v) is 2.42. The highest BCUT2D eigenvalue weighted by molar-refractivity contribution is 5.69. The molecule has 1 saturated carbocycles. The first-order valence-corrected chi connectivity index (χ1v) is 7.25. The van der Waals surface area contributed by atoms with Gasteiger partial charge in [-0.15, -0.1) is 0 Å². The van der Waals surface area contributed by atoms with Crippen LogP contribution in [-0.2, 0) is 9.53 Å². The molecule has 0 heterocycles. The average Bonchev–Trinajstić information content (AvgIpc) is 3.14. The Morgan fingerprint density at radius 3 is 2.67 bits per heavy atom. The summed E-state index contributed by atoms with van der Waals surface area (Å²) in [6, 6.07) is 0.565. The number of ether oxygens (including phenoxy) is 1. The molecule has 1 atom stereocenters. The van der Waals surface area contributed by atoms with Crippen molar-refractivity contribution >= 4 is 5.97 Å². The van der Waals surface area contributed by atoms with Crippen molar-refractivity contribution in [2.24, 2.45) is 11.7 Å². The minimum Gasteiger partial charge on any atom is -0.466 e. The number of carbonyl (C=O) groups excluding carboxylic acids is 1. The van der Waals surface area contributed by atoms with Gasteiger partial charge in [-0.3, -0.25) is 4.79 Å². The van der Waals surface area contributed by atoms with E-state index < -0.39 is 0 Å². The van der Waals surface area contributed by atoms with Crippen LogP contribution < -0.4 is 5.73 Å². The first-order chi connectivity index (χ1) is 8.69. The van der Waals surface area contributed by atoms with Gasteiger partial charge in [-0.2, -0.15) is 0 Å². The lowest BCUT2D eigenvalue weighted by atomic mass is 10.1. The van der Waals surface area contributed by atoms with E-state index in [1.807, 2.05) is 6.92 Å². The topological polar surface area (TPSA) is 55.6 Å². The Hall–Kier alpha value is -0.610. The highest BCUT2D eigenvalue weighted by atomic mass is 16.5. The Labute approximate surface area is 111 Å². The molecule has 1 aliphatic carbocycles. The summed E-state index contributed by atoms with van der Waals surface area (Å²) >= 11 is 0. The Kier molecular flexibility index (Phi) is 7.28. The van der Waals surface area contributed by atoms with Crippen molar-refractivity contribution in [1.82, 2.24) is 4.90 Å². The Morgan fingerprint density at radius 1 is 1.39 bits per heavy atom. The van der Waals surface area contributed by atoms with Crippen molar-refractivity contribution in [3.05, 3.63) is 0 Å². The van der Waals surface area contributed by atoms with E-state index in [1.165, 1.54) is 12.8 Å². The van der Waals surface area contributed by atoms with Gasteiger partial charge in [-0.05, 0) is 52.1 Å². The van der Waals surface area contributed by atoms with Crippen molar-refractivity contribution in [2.75, 3.05) is 26.7 Å². The van der Waals surface area contributed by atoms with Gasteiger partial charge in [0.1, 0.15) is 0 Å². The molecular weight excluding hydrogens is 228 g/mol. The molecule has 0 spiro atoms. The predicted octanol–water partition coefficient (Wildman–Crippen LogP) is 1.78. The third kappa shape index (κ3) is 5.83. The second-order valence-electron chi connectivity index (χ2n) is 5.24. The van der Waals surface area contributed by atoms with Crippen LogP contribution >= 0.6 is 0 Å². The maximum absolute atomic E-state index is 11.1. The largest absolute Gasteiger partial charge is 0.466 e.